The van der Waals surface area contributed by atoms with Crippen LogP contribution < -0.4 is 10.1 Å². The average molecular weight is 385 g/mol. The van der Waals surface area contributed by atoms with Gasteiger partial charge in [0.25, 0.3) is 5.91 Å². The molecule has 27 heavy (non-hydrogen) atoms. The number of nitrogens with one attached hydrogen (secondary N) is 1. The van der Waals surface area contributed by atoms with Crippen molar-refractivity contribution in [2.24, 2.45) is 0 Å². The van der Waals surface area contributed by atoms with Crippen molar-refractivity contribution >= 4 is 17.6 Å². The summed E-state index contributed by atoms with van der Waals surface area (Å²) in [4.78, 5) is 22.9. The zero-order valence-electron chi connectivity index (χ0n) is 14.8. The lowest BCUT2D eigenvalue weighted by Gasteiger charge is -2.23. The lowest BCUT2D eigenvalue weighted by atomic mass is 10.1. The highest BCUT2D eigenvalue weighted by atomic mass is 19.4. The van der Waals surface area contributed by atoms with E-state index in [4.69, 9.17) is 9.84 Å². The summed E-state index contributed by atoms with van der Waals surface area (Å²) in [5, 5.41) is 14.7. The predicted molar refractivity (Wildman–Crippen MR) is 89.8 cm³/mol. The number of halogens is 3. The highest BCUT2D eigenvalue weighted by Gasteiger charge is 2.42. The van der Waals surface area contributed by atoms with Crippen LogP contribution in [0.4, 0.5) is 18.9 Å². The first-order valence-corrected chi connectivity index (χ1v) is 7.81. The van der Waals surface area contributed by atoms with Gasteiger partial charge in [0, 0.05) is 11.8 Å². The van der Waals surface area contributed by atoms with Crippen LogP contribution in [0.3, 0.4) is 0 Å². The number of carbonyl (C=O) groups is 2. The van der Waals surface area contributed by atoms with Gasteiger partial charge < -0.3 is 15.2 Å². The summed E-state index contributed by atoms with van der Waals surface area (Å²) in [5.74, 6) is -2.03. The maximum atomic E-state index is 13.5. The zero-order chi connectivity index (χ0) is 20.4. The summed E-state index contributed by atoms with van der Waals surface area (Å²) in [6.45, 7) is 4.04. The third kappa shape index (κ3) is 4.99. The second-order valence-corrected chi connectivity index (χ2v) is 6.65. The minimum atomic E-state index is -4.77. The Hall–Kier alpha value is -3.04. The number of hydrogen-bond acceptors (Lipinski definition) is 4. The molecule has 0 aliphatic carbocycles. The molecule has 7 nitrogen and oxygen atoms in total. The van der Waals surface area contributed by atoms with Crippen molar-refractivity contribution in [3.05, 3.63) is 41.7 Å². The molecule has 2 aromatic rings. The molecule has 0 saturated carbocycles. The van der Waals surface area contributed by atoms with Crippen LogP contribution in [-0.4, -0.2) is 33.4 Å². The molecule has 1 aromatic carbocycles. The molecule has 0 fully saturated rings. The van der Waals surface area contributed by atoms with E-state index in [1.807, 2.05) is 0 Å². The number of benzene rings is 1. The number of carboxylic acids is 1. The number of amides is 1. The van der Waals surface area contributed by atoms with E-state index in [1.165, 1.54) is 24.3 Å². The number of carbonyl (C=O) groups excluding carboxylic acids is 1. The number of ether oxygens (including phenoxy) is 1. The summed E-state index contributed by atoms with van der Waals surface area (Å²) in [6.07, 6.45) is -3.91. The number of carboxylic acid groups (broad SMARTS) is 1. The topological polar surface area (TPSA) is 93.5 Å². The molecular formula is C17H18F3N3O4. The molecule has 0 aliphatic heterocycles. The van der Waals surface area contributed by atoms with Crippen molar-refractivity contribution in [3.63, 3.8) is 0 Å². The van der Waals surface area contributed by atoms with Gasteiger partial charge in [-0.2, -0.15) is 18.3 Å². The minimum Gasteiger partial charge on any atom is -0.482 e. The number of hydrogen-bond donors (Lipinski definition) is 2. The fourth-order valence-corrected chi connectivity index (χ4v) is 2.30. The fourth-order valence-electron chi connectivity index (χ4n) is 2.30. The molecule has 0 spiro atoms. The second-order valence-electron chi connectivity index (χ2n) is 6.65. The molecular weight excluding hydrogens is 367 g/mol. The van der Waals surface area contributed by atoms with Gasteiger partial charge in [0.15, 0.2) is 12.3 Å². The Morgan fingerprint density at radius 3 is 2.48 bits per heavy atom. The van der Waals surface area contributed by atoms with Gasteiger partial charge in [-0.1, -0.05) is 6.07 Å². The molecule has 146 valence electrons. The molecule has 2 N–H and O–H groups in total. The molecule has 10 heteroatoms. The summed E-state index contributed by atoms with van der Waals surface area (Å²) in [6, 6.07) is 5.67. The molecule has 0 aliphatic rings. The normalized spacial score (nSPS) is 11.9. The Morgan fingerprint density at radius 2 is 1.93 bits per heavy atom. The standard InChI is InChI=1S/C17H18F3N3O4/c1-16(2,3)23-14(17(18,19)20)12(8-21-23)15(26)22-10-5-4-6-11(7-10)27-9-13(24)25/h4-8H,9H2,1-3H3,(H,22,26)(H,24,25). The van der Waals surface area contributed by atoms with Crippen molar-refractivity contribution in [2.45, 2.75) is 32.5 Å². The molecule has 0 radical (unpaired) electrons. The highest BCUT2D eigenvalue weighted by Crippen LogP contribution is 2.35. The molecule has 1 aromatic heterocycles. The molecule has 1 heterocycles. The smallest absolute Gasteiger partial charge is 0.433 e. The number of alkyl halides is 3. The van der Waals surface area contributed by atoms with Crippen molar-refractivity contribution in [2.75, 3.05) is 11.9 Å². The number of rotatable bonds is 5. The Kier molecular flexibility index (Phi) is 5.48. The van der Waals surface area contributed by atoms with Crippen LogP contribution in [-0.2, 0) is 16.5 Å². The summed E-state index contributed by atoms with van der Waals surface area (Å²) < 4.78 is 46.2. The van der Waals surface area contributed by atoms with Gasteiger partial charge in [0.2, 0.25) is 0 Å². The maximum absolute atomic E-state index is 13.5. The Balaban J connectivity index is 2.30. The molecule has 1 amide bonds. The van der Waals surface area contributed by atoms with Gasteiger partial charge in [0.05, 0.1) is 17.3 Å². The Bertz CT molecular complexity index is 854. The van der Waals surface area contributed by atoms with Gasteiger partial charge in [-0.15, -0.1) is 0 Å². The van der Waals surface area contributed by atoms with Gasteiger partial charge in [-0.3, -0.25) is 9.48 Å². The van der Waals surface area contributed by atoms with Crippen LogP contribution in [0.5, 0.6) is 5.75 Å². The van der Waals surface area contributed by atoms with E-state index < -0.39 is 41.5 Å². The van der Waals surface area contributed by atoms with Crippen LogP contribution in [0.1, 0.15) is 36.8 Å². The first-order valence-electron chi connectivity index (χ1n) is 7.81. The van der Waals surface area contributed by atoms with E-state index in [0.717, 1.165) is 10.9 Å². The van der Waals surface area contributed by atoms with Crippen LogP contribution in [0, 0.1) is 0 Å². The number of aliphatic carboxylic acids is 1. The SMILES string of the molecule is CC(C)(C)n1ncc(C(=O)Nc2cccc(OCC(=O)O)c2)c1C(F)(F)F. The third-order valence-electron chi connectivity index (χ3n) is 3.37. The van der Waals surface area contributed by atoms with E-state index in [9.17, 15) is 22.8 Å². The lowest BCUT2D eigenvalue weighted by molar-refractivity contribution is -0.146. The monoisotopic (exact) mass is 385 g/mol. The van der Waals surface area contributed by atoms with Crippen LogP contribution in [0.2, 0.25) is 0 Å². The van der Waals surface area contributed by atoms with Crippen molar-refractivity contribution in [1.29, 1.82) is 0 Å². The minimum absolute atomic E-state index is 0.150. The summed E-state index contributed by atoms with van der Waals surface area (Å²) in [5.41, 5.74) is -2.59. The van der Waals surface area contributed by atoms with Crippen LogP contribution in [0.25, 0.3) is 0 Å². The summed E-state index contributed by atoms with van der Waals surface area (Å²) in [7, 11) is 0. The molecule has 0 saturated heterocycles. The van der Waals surface area contributed by atoms with Gasteiger partial charge >= 0.3 is 12.1 Å². The van der Waals surface area contributed by atoms with E-state index >= 15 is 0 Å². The molecule has 0 unspecified atom stereocenters. The second kappa shape index (κ2) is 7.29. The molecule has 0 atom stereocenters. The van der Waals surface area contributed by atoms with Crippen molar-refractivity contribution in [1.82, 2.24) is 9.78 Å². The van der Waals surface area contributed by atoms with Crippen LogP contribution >= 0.6 is 0 Å². The lowest BCUT2D eigenvalue weighted by Crippen LogP contribution is -2.30. The Labute approximate surface area is 152 Å². The van der Waals surface area contributed by atoms with Gasteiger partial charge in [-0.25, -0.2) is 4.79 Å². The van der Waals surface area contributed by atoms with E-state index in [-0.39, 0.29) is 11.4 Å². The average Bonchev–Trinajstić information content (AvgIpc) is 2.99. The largest absolute Gasteiger partial charge is 0.482 e. The highest BCUT2D eigenvalue weighted by molar-refractivity contribution is 6.05. The van der Waals surface area contributed by atoms with Gasteiger partial charge in [0.1, 0.15) is 5.75 Å². The molecule has 2 rings (SSSR count). The van der Waals surface area contributed by atoms with Gasteiger partial charge in [-0.05, 0) is 32.9 Å². The van der Waals surface area contributed by atoms with E-state index in [1.54, 1.807) is 20.8 Å². The first kappa shape index (κ1) is 20.3. The first-order chi connectivity index (χ1) is 12.4. The fraction of sp³-hybridized carbons (Fsp3) is 0.353. The number of nitrogens with zero attached hydrogens (tertiary/aromatic N) is 2. The maximum Gasteiger partial charge on any atom is 0.433 e. The van der Waals surface area contributed by atoms with Crippen molar-refractivity contribution in [3.8, 4) is 5.75 Å². The quantitative estimate of drug-likeness (QED) is 0.823. The number of aromatic nitrogens is 2. The third-order valence-corrected chi connectivity index (χ3v) is 3.37. The molecule has 0 bridgehead atoms. The zero-order valence-corrected chi connectivity index (χ0v) is 14.8. The van der Waals surface area contributed by atoms with Crippen molar-refractivity contribution < 1.29 is 32.6 Å². The van der Waals surface area contributed by atoms with E-state index in [2.05, 4.69) is 10.4 Å². The summed E-state index contributed by atoms with van der Waals surface area (Å²) >= 11 is 0. The Morgan fingerprint density at radius 1 is 1.26 bits per heavy atom. The van der Waals surface area contributed by atoms with Crippen LogP contribution in [0.15, 0.2) is 30.5 Å². The predicted octanol–water partition coefficient (Wildman–Crippen LogP) is 3.37. The number of anilines is 1. The van der Waals surface area contributed by atoms with E-state index in [0.29, 0.717) is 0 Å².